The Balaban J connectivity index is 2.56. The van der Waals surface area contributed by atoms with Crippen molar-refractivity contribution in [2.45, 2.75) is 64.1 Å². The third kappa shape index (κ3) is 5.32. The van der Waals surface area contributed by atoms with Gasteiger partial charge in [0, 0.05) is 24.2 Å². The molecule has 0 radical (unpaired) electrons. The van der Waals surface area contributed by atoms with Gasteiger partial charge in [-0.05, 0) is 66.7 Å². The molecule has 20 heavy (non-hydrogen) atoms. The van der Waals surface area contributed by atoms with Crippen LogP contribution in [0, 0.1) is 0 Å². The summed E-state index contributed by atoms with van der Waals surface area (Å²) in [4.78, 5) is 4.93. The summed E-state index contributed by atoms with van der Waals surface area (Å²) in [6.45, 7) is 10.2. The van der Waals surface area contributed by atoms with E-state index < -0.39 is 0 Å². The van der Waals surface area contributed by atoms with Crippen LogP contribution in [0.3, 0.4) is 0 Å². The van der Waals surface area contributed by atoms with E-state index in [4.69, 9.17) is 0 Å². The van der Waals surface area contributed by atoms with Gasteiger partial charge in [-0.25, -0.2) is 0 Å². The Kier molecular flexibility index (Phi) is 7.45. The summed E-state index contributed by atoms with van der Waals surface area (Å²) in [5, 5.41) is 13.2. The van der Waals surface area contributed by atoms with Gasteiger partial charge in [0.15, 0.2) is 0 Å². The number of nitrogens with one attached hydrogen (secondary N) is 1. The summed E-state index contributed by atoms with van der Waals surface area (Å²) in [6, 6.07) is 1.19. The summed E-state index contributed by atoms with van der Waals surface area (Å²) < 4.78 is 0. The summed E-state index contributed by atoms with van der Waals surface area (Å²) in [5.74, 6) is 0. The van der Waals surface area contributed by atoms with E-state index in [9.17, 15) is 5.11 Å². The van der Waals surface area contributed by atoms with E-state index in [-0.39, 0.29) is 12.1 Å². The van der Waals surface area contributed by atoms with Crippen molar-refractivity contribution in [3.63, 3.8) is 0 Å². The molecule has 1 aliphatic heterocycles. The molecular formula is C16H35N3O. The van der Waals surface area contributed by atoms with E-state index in [2.05, 4.69) is 50.0 Å². The normalized spacial score (nSPS) is 25.1. The lowest BCUT2D eigenvalue weighted by molar-refractivity contribution is 0.0994. The number of likely N-dealkylation sites (tertiary alicyclic amines) is 1. The van der Waals surface area contributed by atoms with E-state index in [0.29, 0.717) is 12.1 Å². The molecule has 4 nitrogen and oxygen atoms in total. The molecule has 0 saturated carbocycles. The lowest BCUT2D eigenvalue weighted by atomic mass is 9.93. The van der Waals surface area contributed by atoms with Crippen LogP contribution in [-0.2, 0) is 0 Å². The second-order valence-electron chi connectivity index (χ2n) is 6.99. The largest absolute Gasteiger partial charge is 0.394 e. The molecule has 1 fully saturated rings. The van der Waals surface area contributed by atoms with E-state index >= 15 is 0 Å². The zero-order chi connectivity index (χ0) is 15.2. The number of aliphatic hydroxyl groups excluding tert-OH is 1. The molecule has 1 saturated heterocycles. The van der Waals surface area contributed by atoms with Gasteiger partial charge < -0.3 is 15.3 Å². The van der Waals surface area contributed by atoms with Crippen LogP contribution in [0.1, 0.15) is 46.5 Å². The molecule has 120 valence electrons. The number of aliphatic hydroxyl groups is 1. The van der Waals surface area contributed by atoms with Crippen molar-refractivity contribution < 1.29 is 5.11 Å². The average Bonchev–Trinajstić information content (AvgIpc) is 2.83. The molecule has 2 N–H and O–H groups in total. The van der Waals surface area contributed by atoms with Crippen molar-refractivity contribution in [2.24, 2.45) is 0 Å². The minimum Gasteiger partial charge on any atom is -0.394 e. The second-order valence-corrected chi connectivity index (χ2v) is 6.99. The molecule has 0 aliphatic carbocycles. The van der Waals surface area contributed by atoms with Crippen LogP contribution in [0.2, 0.25) is 0 Å². The van der Waals surface area contributed by atoms with Gasteiger partial charge in [-0.1, -0.05) is 6.92 Å². The van der Waals surface area contributed by atoms with Crippen molar-refractivity contribution >= 4 is 0 Å². The van der Waals surface area contributed by atoms with Crippen molar-refractivity contribution in [1.29, 1.82) is 0 Å². The van der Waals surface area contributed by atoms with Crippen molar-refractivity contribution in [3.05, 3.63) is 0 Å². The van der Waals surface area contributed by atoms with E-state index in [1.54, 1.807) is 0 Å². The van der Waals surface area contributed by atoms with Gasteiger partial charge >= 0.3 is 0 Å². The second kappa shape index (κ2) is 8.32. The van der Waals surface area contributed by atoms with Crippen molar-refractivity contribution in [3.8, 4) is 0 Å². The molecule has 1 heterocycles. The van der Waals surface area contributed by atoms with Gasteiger partial charge in [0.05, 0.1) is 6.61 Å². The number of hydrogen-bond donors (Lipinski definition) is 2. The van der Waals surface area contributed by atoms with Crippen LogP contribution < -0.4 is 5.32 Å². The zero-order valence-electron chi connectivity index (χ0n) is 14.2. The topological polar surface area (TPSA) is 38.7 Å². The molecule has 0 aromatic carbocycles. The summed E-state index contributed by atoms with van der Waals surface area (Å²) >= 11 is 0. The maximum absolute atomic E-state index is 9.73. The third-order valence-corrected chi connectivity index (χ3v) is 4.46. The Bertz CT molecular complexity index is 272. The molecule has 0 bridgehead atoms. The lowest BCUT2D eigenvalue weighted by Gasteiger charge is -2.38. The molecule has 3 atom stereocenters. The van der Waals surface area contributed by atoms with Crippen molar-refractivity contribution in [2.75, 3.05) is 40.3 Å². The minimum atomic E-state index is -0.152. The first kappa shape index (κ1) is 17.9. The Morgan fingerprint density at radius 2 is 2.15 bits per heavy atom. The van der Waals surface area contributed by atoms with Crippen molar-refractivity contribution in [1.82, 2.24) is 15.1 Å². The highest BCUT2D eigenvalue weighted by Gasteiger charge is 2.33. The van der Waals surface area contributed by atoms with E-state index in [0.717, 1.165) is 25.9 Å². The third-order valence-electron chi connectivity index (χ3n) is 4.46. The van der Waals surface area contributed by atoms with Crippen LogP contribution in [0.25, 0.3) is 0 Å². The number of nitrogens with zero attached hydrogens (tertiary/aromatic N) is 2. The molecule has 0 aromatic heterocycles. The molecule has 0 aromatic rings. The molecular weight excluding hydrogens is 250 g/mol. The predicted octanol–water partition coefficient (Wildman–Crippen LogP) is 1.54. The Morgan fingerprint density at radius 3 is 2.70 bits per heavy atom. The standard InChI is InChI=1S/C16H35N3O/c1-6-9-17-16(3,13-20)11-14(2)19-10-7-8-15(19)12-18(4)5/h14-15,17,20H,6-13H2,1-5H3. The minimum absolute atomic E-state index is 0.152. The molecule has 0 spiro atoms. The van der Waals surface area contributed by atoms with Gasteiger partial charge in [-0.3, -0.25) is 4.90 Å². The Labute approximate surface area is 125 Å². The van der Waals surface area contributed by atoms with Crippen LogP contribution in [-0.4, -0.2) is 72.9 Å². The maximum Gasteiger partial charge on any atom is 0.0611 e. The molecule has 0 amide bonds. The Hall–Kier alpha value is -0.160. The van der Waals surface area contributed by atoms with Gasteiger partial charge in [-0.2, -0.15) is 0 Å². The summed E-state index contributed by atoms with van der Waals surface area (Å²) in [6.07, 6.45) is 4.73. The van der Waals surface area contributed by atoms with Gasteiger partial charge in [-0.15, -0.1) is 0 Å². The average molecular weight is 285 g/mol. The first-order chi connectivity index (χ1) is 9.41. The Morgan fingerprint density at radius 1 is 1.45 bits per heavy atom. The van der Waals surface area contributed by atoms with Gasteiger partial charge in [0.25, 0.3) is 0 Å². The van der Waals surface area contributed by atoms with Crippen LogP contribution in [0.4, 0.5) is 0 Å². The number of rotatable bonds is 9. The smallest absolute Gasteiger partial charge is 0.0611 e. The van der Waals surface area contributed by atoms with Crippen LogP contribution in [0.15, 0.2) is 0 Å². The molecule has 1 rings (SSSR count). The predicted molar refractivity (Wildman–Crippen MR) is 86.1 cm³/mol. The molecule has 4 heteroatoms. The fraction of sp³-hybridized carbons (Fsp3) is 1.00. The lowest BCUT2D eigenvalue weighted by Crippen LogP contribution is -2.52. The highest BCUT2D eigenvalue weighted by molar-refractivity contribution is 4.91. The van der Waals surface area contributed by atoms with Crippen LogP contribution >= 0.6 is 0 Å². The first-order valence-corrected chi connectivity index (χ1v) is 8.18. The number of likely N-dealkylation sites (N-methyl/N-ethyl adjacent to an activating group) is 1. The fourth-order valence-corrected chi connectivity index (χ4v) is 3.44. The first-order valence-electron chi connectivity index (χ1n) is 8.18. The fourth-order valence-electron chi connectivity index (χ4n) is 3.44. The summed E-state index contributed by atoms with van der Waals surface area (Å²) in [5.41, 5.74) is -0.152. The zero-order valence-corrected chi connectivity index (χ0v) is 14.2. The monoisotopic (exact) mass is 285 g/mol. The van der Waals surface area contributed by atoms with E-state index in [1.807, 2.05) is 0 Å². The SMILES string of the molecule is CCCNC(C)(CO)CC(C)N1CCCC1CN(C)C. The number of hydrogen-bond acceptors (Lipinski definition) is 4. The molecule has 1 aliphatic rings. The van der Waals surface area contributed by atoms with Crippen LogP contribution in [0.5, 0.6) is 0 Å². The molecule has 3 unspecified atom stereocenters. The quantitative estimate of drug-likeness (QED) is 0.674. The van der Waals surface area contributed by atoms with Gasteiger partial charge in [0.2, 0.25) is 0 Å². The highest BCUT2D eigenvalue weighted by Crippen LogP contribution is 2.25. The van der Waals surface area contributed by atoms with E-state index in [1.165, 1.54) is 19.4 Å². The highest BCUT2D eigenvalue weighted by atomic mass is 16.3. The summed E-state index contributed by atoms with van der Waals surface area (Å²) in [7, 11) is 4.31. The van der Waals surface area contributed by atoms with Gasteiger partial charge in [0.1, 0.15) is 0 Å². The maximum atomic E-state index is 9.73.